The van der Waals surface area contributed by atoms with E-state index in [2.05, 4.69) is 47.1 Å². The van der Waals surface area contributed by atoms with Crippen LogP contribution >= 0.6 is 11.6 Å². The first kappa shape index (κ1) is 20.4. The Kier molecular flexibility index (Phi) is 7.74. The van der Waals surface area contributed by atoms with Gasteiger partial charge in [-0.25, -0.2) is 0 Å². The van der Waals surface area contributed by atoms with Gasteiger partial charge < -0.3 is 14.6 Å². The lowest BCUT2D eigenvalue weighted by Gasteiger charge is -2.32. The molecule has 0 N–H and O–H groups in total. The molecule has 1 aromatic carbocycles. The average Bonchev–Trinajstić information content (AvgIpc) is 2.67. The zero-order valence-electron chi connectivity index (χ0n) is 16.7. The van der Waals surface area contributed by atoms with E-state index in [1.807, 2.05) is 12.1 Å². The summed E-state index contributed by atoms with van der Waals surface area (Å²) in [5.74, 6) is 0.454. The van der Waals surface area contributed by atoms with Crippen molar-refractivity contribution in [2.75, 3.05) is 46.4 Å². The molecule has 5 heteroatoms. The van der Waals surface area contributed by atoms with Gasteiger partial charge in [-0.15, -0.1) is 0 Å². The summed E-state index contributed by atoms with van der Waals surface area (Å²) in [4.78, 5) is 10.6. The molecule has 0 unspecified atom stereocenters. The lowest BCUT2D eigenvalue weighted by Crippen LogP contribution is -2.44. The SMILES string of the molecule is C[C@@H]1CCCC(=C\c2ccc(Cl)cc2)/C1=N/OCCCN1CCN(C)CC1. The number of oxime groups is 1. The van der Waals surface area contributed by atoms with E-state index < -0.39 is 0 Å². The van der Waals surface area contributed by atoms with E-state index in [1.165, 1.54) is 37.1 Å². The number of hydrogen-bond donors (Lipinski definition) is 0. The average molecular weight is 390 g/mol. The maximum Gasteiger partial charge on any atom is 0.118 e. The van der Waals surface area contributed by atoms with E-state index in [-0.39, 0.29) is 0 Å². The number of likely N-dealkylation sites (N-methyl/N-ethyl adjacent to an activating group) is 1. The minimum absolute atomic E-state index is 0.454. The second kappa shape index (κ2) is 10.3. The fourth-order valence-corrected chi connectivity index (χ4v) is 3.90. The smallest absolute Gasteiger partial charge is 0.118 e. The van der Waals surface area contributed by atoms with Crippen LogP contribution in [0.25, 0.3) is 6.08 Å². The zero-order valence-corrected chi connectivity index (χ0v) is 17.4. The summed E-state index contributed by atoms with van der Waals surface area (Å²) in [6, 6.07) is 7.99. The van der Waals surface area contributed by atoms with Crippen molar-refractivity contribution < 1.29 is 4.84 Å². The van der Waals surface area contributed by atoms with Crippen molar-refractivity contribution in [1.29, 1.82) is 0 Å². The van der Waals surface area contributed by atoms with Crippen LogP contribution in [0.1, 0.15) is 38.2 Å². The van der Waals surface area contributed by atoms with E-state index in [9.17, 15) is 0 Å². The Morgan fingerprint density at radius 3 is 2.67 bits per heavy atom. The van der Waals surface area contributed by atoms with Crippen LogP contribution in [0.3, 0.4) is 0 Å². The van der Waals surface area contributed by atoms with Crippen molar-refractivity contribution in [3.05, 3.63) is 40.4 Å². The summed E-state index contributed by atoms with van der Waals surface area (Å²) in [6.07, 6.45) is 6.73. The second-order valence-corrected chi connectivity index (χ2v) is 8.26. The molecule has 0 spiro atoms. The molecule has 1 aliphatic heterocycles. The fourth-order valence-electron chi connectivity index (χ4n) is 3.77. The van der Waals surface area contributed by atoms with Crippen LogP contribution in [0.2, 0.25) is 5.02 Å². The molecular weight excluding hydrogens is 358 g/mol. The van der Waals surface area contributed by atoms with Gasteiger partial charge in [-0.2, -0.15) is 0 Å². The van der Waals surface area contributed by atoms with E-state index in [0.29, 0.717) is 12.5 Å². The third-order valence-corrected chi connectivity index (χ3v) is 5.81. The number of hydrogen-bond acceptors (Lipinski definition) is 4. The van der Waals surface area contributed by atoms with Crippen LogP contribution in [-0.2, 0) is 4.84 Å². The van der Waals surface area contributed by atoms with Gasteiger partial charge in [0.05, 0.1) is 5.71 Å². The highest BCUT2D eigenvalue weighted by atomic mass is 35.5. The molecule has 2 fully saturated rings. The summed E-state index contributed by atoms with van der Waals surface area (Å²) in [6.45, 7) is 8.70. The molecule has 27 heavy (non-hydrogen) atoms. The van der Waals surface area contributed by atoms with Crippen LogP contribution in [0, 0.1) is 5.92 Å². The predicted octanol–water partition coefficient (Wildman–Crippen LogP) is 4.55. The normalized spacial score (nSPS) is 25.2. The van der Waals surface area contributed by atoms with Crippen LogP contribution in [-0.4, -0.2) is 61.9 Å². The van der Waals surface area contributed by atoms with E-state index in [1.54, 1.807) is 0 Å². The van der Waals surface area contributed by atoms with Gasteiger partial charge in [0.1, 0.15) is 6.61 Å². The third kappa shape index (κ3) is 6.34. The molecule has 3 rings (SSSR count). The molecule has 148 valence electrons. The molecule has 0 amide bonds. The Labute approximate surface area is 168 Å². The summed E-state index contributed by atoms with van der Waals surface area (Å²) in [5, 5.41) is 5.32. The molecule has 1 atom stereocenters. The van der Waals surface area contributed by atoms with Crippen molar-refractivity contribution in [2.24, 2.45) is 11.1 Å². The maximum atomic E-state index is 6.00. The van der Waals surface area contributed by atoms with E-state index in [4.69, 9.17) is 16.4 Å². The van der Waals surface area contributed by atoms with Gasteiger partial charge in [-0.05, 0) is 62.1 Å². The summed E-state index contributed by atoms with van der Waals surface area (Å²) in [5.41, 5.74) is 3.59. The first-order valence-corrected chi connectivity index (χ1v) is 10.6. The predicted molar refractivity (Wildman–Crippen MR) is 114 cm³/mol. The molecule has 1 heterocycles. The fraction of sp³-hybridized carbons (Fsp3) is 0.591. The first-order valence-electron chi connectivity index (χ1n) is 10.2. The summed E-state index contributed by atoms with van der Waals surface area (Å²) in [7, 11) is 2.19. The first-order chi connectivity index (χ1) is 13.1. The minimum Gasteiger partial charge on any atom is -0.396 e. The van der Waals surface area contributed by atoms with Crippen molar-refractivity contribution in [1.82, 2.24) is 9.80 Å². The molecule has 0 bridgehead atoms. The molecule has 0 radical (unpaired) electrons. The quantitative estimate of drug-likeness (QED) is 0.527. The summed E-state index contributed by atoms with van der Waals surface area (Å²) >= 11 is 6.00. The Morgan fingerprint density at radius 1 is 1.19 bits per heavy atom. The van der Waals surface area contributed by atoms with Crippen molar-refractivity contribution >= 4 is 23.4 Å². The largest absolute Gasteiger partial charge is 0.396 e. The lowest BCUT2D eigenvalue weighted by atomic mass is 9.84. The van der Waals surface area contributed by atoms with Gasteiger partial charge in [0.2, 0.25) is 0 Å². The molecule has 4 nitrogen and oxygen atoms in total. The van der Waals surface area contributed by atoms with Crippen molar-refractivity contribution in [3.63, 3.8) is 0 Å². The highest BCUT2D eigenvalue weighted by molar-refractivity contribution is 6.30. The van der Waals surface area contributed by atoms with E-state index >= 15 is 0 Å². The number of piperazine rings is 1. The Balaban J connectivity index is 1.52. The number of halogens is 1. The molecule has 1 saturated heterocycles. The molecule has 2 aliphatic rings. The van der Waals surface area contributed by atoms with Crippen molar-refractivity contribution in [2.45, 2.75) is 32.6 Å². The monoisotopic (exact) mass is 389 g/mol. The van der Waals surface area contributed by atoms with Crippen molar-refractivity contribution in [3.8, 4) is 0 Å². The van der Waals surface area contributed by atoms with Gasteiger partial charge in [-0.3, -0.25) is 0 Å². The standard InChI is InChI=1S/C22H32ClN3O/c1-18-5-3-6-20(17-19-7-9-21(23)10-8-19)22(18)24-27-16-4-11-26-14-12-25(2)13-15-26/h7-10,17-18H,3-6,11-16H2,1-2H3/b20-17+,24-22+/t18-/m1/s1. The van der Waals surface area contributed by atoms with Gasteiger partial charge in [0.25, 0.3) is 0 Å². The molecule has 1 saturated carbocycles. The van der Waals surface area contributed by atoms with Gasteiger partial charge in [0, 0.05) is 43.7 Å². The van der Waals surface area contributed by atoms with Gasteiger partial charge in [0.15, 0.2) is 0 Å². The summed E-state index contributed by atoms with van der Waals surface area (Å²) < 4.78 is 0. The second-order valence-electron chi connectivity index (χ2n) is 7.82. The lowest BCUT2D eigenvalue weighted by molar-refractivity contribution is 0.110. The molecule has 0 aromatic heterocycles. The number of benzene rings is 1. The minimum atomic E-state index is 0.454. The van der Waals surface area contributed by atoms with Gasteiger partial charge >= 0.3 is 0 Å². The topological polar surface area (TPSA) is 28.1 Å². The highest BCUT2D eigenvalue weighted by Gasteiger charge is 2.21. The maximum absolute atomic E-state index is 6.00. The zero-order chi connectivity index (χ0) is 19.1. The Hall–Kier alpha value is -1.36. The molecule has 1 aromatic rings. The van der Waals surface area contributed by atoms with E-state index in [0.717, 1.165) is 43.2 Å². The Morgan fingerprint density at radius 2 is 1.93 bits per heavy atom. The van der Waals surface area contributed by atoms with Gasteiger partial charge in [-0.1, -0.05) is 35.8 Å². The van der Waals surface area contributed by atoms with Crippen LogP contribution in [0.5, 0.6) is 0 Å². The third-order valence-electron chi connectivity index (χ3n) is 5.56. The highest BCUT2D eigenvalue weighted by Crippen LogP contribution is 2.28. The van der Waals surface area contributed by atoms with Crippen LogP contribution < -0.4 is 0 Å². The van der Waals surface area contributed by atoms with Crippen LogP contribution in [0.4, 0.5) is 0 Å². The van der Waals surface area contributed by atoms with Crippen LogP contribution in [0.15, 0.2) is 35.0 Å². The molecular formula is C22H32ClN3O. The number of rotatable bonds is 6. The number of nitrogens with zero attached hydrogens (tertiary/aromatic N) is 3. The Bertz CT molecular complexity index is 648. The molecule has 1 aliphatic carbocycles. The number of allylic oxidation sites excluding steroid dienone is 1.